The molecule has 0 fully saturated rings. The lowest BCUT2D eigenvalue weighted by Gasteiger charge is -2.19. The highest BCUT2D eigenvalue weighted by Crippen LogP contribution is 2.33. The van der Waals surface area contributed by atoms with Gasteiger partial charge in [0.2, 0.25) is 0 Å². The molecule has 0 aliphatic carbocycles. The molecule has 0 radical (unpaired) electrons. The molecule has 0 saturated heterocycles. The minimum atomic E-state index is 0.0810. The van der Waals surface area contributed by atoms with E-state index in [1.54, 1.807) is 0 Å². The molecule has 0 aliphatic heterocycles. The van der Waals surface area contributed by atoms with Crippen molar-refractivity contribution in [2.24, 2.45) is 0 Å². The molecule has 1 unspecified atom stereocenters. The Hall–Kier alpha value is 0.130. The van der Waals surface area contributed by atoms with E-state index in [4.69, 9.17) is 11.6 Å². The summed E-state index contributed by atoms with van der Waals surface area (Å²) in [5.41, 5.74) is 2.28. The van der Waals surface area contributed by atoms with Crippen LogP contribution >= 0.6 is 59.4 Å². The van der Waals surface area contributed by atoms with Crippen LogP contribution in [0.5, 0.6) is 0 Å². The van der Waals surface area contributed by atoms with Crippen molar-refractivity contribution in [1.82, 2.24) is 5.32 Å². The van der Waals surface area contributed by atoms with E-state index in [1.807, 2.05) is 31.3 Å². The number of halogens is 4. The molecule has 0 bridgehead atoms. The highest BCUT2D eigenvalue weighted by molar-refractivity contribution is 9.11. The minimum Gasteiger partial charge on any atom is -0.309 e. The van der Waals surface area contributed by atoms with E-state index in [2.05, 4.69) is 65.2 Å². The van der Waals surface area contributed by atoms with Gasteiger partial charge in [-0.05, 0) is 64.4 Å². The van der Waals surface area contributed by atoms with Crippen LogP contribution in [0, 0.1) is 0 Å². The Kier molecular flexibility index (Phi) is 5.49. The van der Waals surface area contributed by atoms with Gasteiger partial charge < -0.3 is 5.32 Å². The molecule has 1 N–H and O–H groups in total. The van der Waals surface area contributed by atoms with Crippen molar-refractivity contribution in [2.75, 3.05) is 7.05 Å². The van der Waals surface area contributed by atoms with Crippen LogP contribution in [-0.2, 0) is 0 Å². The van der Waals surface area contributed by atoms with Crippen LogP contribution in [-0.4, -0.2) is 7.05 Å². The Morgan fingerprint density at radius 3 is 2.32 bits per heavy atom. The van der Waals surface area contributed by atoms with Crippen molar-refractivity contribution < 1.29 is 0 Å². The lowest BCUT2D eigenvalue weighted by molar-refractivity contribution is 0.688. The second-order valence-electron chi connectivity index (χ2n) is 4.06. The molecule has 0 heterocycles. The highest BCUT2D eigenvalue weighted by atomic mass is 79.9. The van der Waals surface area contributed by atoms with Crippen LogP contribution in [0.4, 0.5) is 0 Å². The summed E-state index contributed by atoms with van der Waals surface area (Å²) < 4.78 is 3.02. The van der Waals surface area contributed by atoms with Gasteiger partial charge in [0.25, 0.3) is 0 Å². The Morgan fingerprint density at radius 1 is 1.00 bits per heavy atom. The molecular formula is C14H11Br3ClN. The molecule has 2 rings (SSSR count). The fourth-order valence-electron chi connectivity index (χ4n) is 1.93. The molecule has 100 valence electrons. The molecule has 1 nitrogen and oxygen atoms in total. The molecule has 0 aromatic heterocycles. The number of hydrogen-bond acceptors (Lipinski definition) is 1. The van der Waals surface area contributed by atoms with Crippen LogP contribution in [0.1, 0.15) is 17.2 Å². The number of benzene rings is 2. The van der Waals surface area contributed by atoms with Gasteiger partial charge in [-0.2, -0.15) is 0 Å². The maximum atomic E-state index is 6.18. The van der Waals surface area contributed by atoms with Gasteiger partial charge in [-0.25, -0.2) is 0 Å². The largest absolute Gasteiger partial charge is 0.309 e. The second-order valence-corrected chi connectivity index (χ2v) is 7.09. The van der Waals surface area contributed by atoms with Crippen molar-refractivity contribution in [3.8, 4) is 0 Å². The first-order chi connectivity index (χ1) is 9.02. The SMILES string of the molecule is CNC(c1ccc(Br)c(Cl)c1)c1cc(Br)ccc1Br. The van der Waals surface area contributed by atoms with E-state index in [9.17, 15) is 0 Å². The zero-order chi connectivity index (χ0) is 14.0. The summed E-state index contributed by atoms with van der Waals surface area (Å²) in [6.45, 7) is 0. The van der Waals surface area contributed by atoms with Crippen LogP contribution < -0.4 is 5.32 Å². The van der Waals surface area contributed by atoms with Crippen LogP contribution in [0.15, 0.2) is 49.8 Å². The van der Waals surface area contributed by atoms with Gasteiger partial charge in [-0.1, -0.05) is 49.5 Å². The van der Waals surface area contributed by atoms with Gasteiger partial charge in [-0.3, -0.25) is 0 Å². The van der Waals surface area contributed by atoms with Crippen molar-refractivity contribution in [3.05, 3.63) is 66.0 Å². The molecular weight excluding hydrogens is 457 g/mol. The summed E-state index contributed by atoms with van der Waals surface area (Å²) in [4.78, 5) is 0. The lowest BCUT2D eigenvalue weighted by atomic mass is 9.99. The molecule has 5 heteroatoms. The van der Waals surface area contributed by atoms with Gasteiger partial charge in [0, 0.05) is 13.4 Å². The average Bonchev–Trinajstić information content (AvgIpc) is 2.38. The third kappa shape index (κ3) is 3.61. The molecule has 0 spiro atoms. The quantitative estimate of drug-likeness (QED) is 0.588. The smallest absolute Gasteiger partial charge is 0.0586 e. The van der Waals surface area contributed by atoms with E-state index in [-0.39, 0.29) is 6.04 Å². The summed E-state index contributed by atoms with van der Waals surface area (Å²) in [5.74, 6) is 0. The fraction of sp³-hybridized carbons (Fsp3) is 0.143. The maximum absolute atomic E-state index is 6.18. The predicted molar refractivity (Wildman–Crippen MR) is 91.9 cm³/mol. The normalized spacial score (nSPS) is 12.5. The van der Waals surface area contributed by atoms with E-state index >= 15 is 0 Å². The fourth-order valence-corrected chi connectivity index (χ4v) is 3.22. The molecule has 19 heavy (non-hydrogen) atoms. The Labute approximate surface area is 143 Å². The van der Waals surface area contributed by atoms with Crippen LogP contribution in [0.25, 0.3) is 0 Å². The zero-order valence-corrected chi connectivity index (χ0v) is 15.6. The molecule has 0 amide bonds. The lowest BCUT2D eigenvalue weighted by Crippen LogP contribution is -2.18. The van der Waals surface area contributed by atoms with Gasteiger partial charge in [0.1, 0.15) is 0 Å². The predicted octanol–water partition coefficient (Wildman–Crippen LogP) is 5.94. The second kappa shape index (κ2) is 6.72. The van der Waals surface area contributed by atoms with Crippen molar-refractivity contribution >= 4 is 59.4 Å². The number of rotatable bonds is 3. The van der Waals surface area contributed by atoms with Crippen LogP contribution in [0.2, 0.25) is 5.02 Å². The van der Waals surface area contributed by atoms with Crippen molar-refractivity contribution in [2.45, 2.75) is 6.04 Å². The maximum Gasteiger partial charge on any atom is 0.0586 e. The van der Waals surface area contributed by atoms with E-state index < -0.39 is 0 Å². The van der Waals surface area contributed by atoms with Gasteiger partial charge >= 0.3 is 0 Å². The molecule has 0 aliphatic rings. The molecule has 0 saturated carbocycles. The van der Waals surface area contributed by atoms with Crippen LogP contribution in [0.3, 0.4) is 0 Å². The van der Waals surface area contributed by atoms with E-state index in [0.717, 1.165) is 24.5 Å². The molecule has 1 atom stereocenters. The monoisotopic (exact) mass is 465 g/mol. The first kappa shape index (κ1) is 15.5. The standard InChI is InChI=1S/C14H11Br3ClN/c1-19-14(8-2-4-12(17)13(18)6-8)10-7-9(15)3-5-11(10)16/h2-7,14,19H,1H3. The topological polar surface area (TPSA) is 12.0 Å². The summed E-state index contributed by atoms with van der Waals surface area (Å²) >= 11 is 16.7. The highest BCUT2D eigenvalue weighted by Gasteiger charge is 2.16. The summed E-state index contributed by atoms with van der Waals surface area (Å²) in [7, 11) is 1.94. The third-order valence-electron chi connectivity index (χ3n) is 2.83. The number of hydrogen-bond donors (Lipinski definition) is 1. The molecule has 2 aromatic carbocycles. The van der Waals surface area contributed by atoms with Gasteiger partial charge in [-0.15, -0.1) is 0 Å². The van der Waals surface area contributed by atoms with E-state index in [0.29, 0.717) is 5.02 Å². The average molecular weight is 468 g/mol. The van der Waals surface area contributed by atoms with Gasteiger partial charge in [0.15, 0.2) is 0 Å². The molecule has 2 aromatic rings. The van der Waals surface area contributed by atoms with Crippen molar-refractivity contribution in [1.29, 1.82) is 0 Å². The summed E-state index contributed by atoms with van der Waals surface area (Å²) in [6, 6.07) is 12.2. The van der Waals surface area contributed by atoms with E-state index in [1.165, 1.54) is 0 Å². The van der Waals surface area contributed by atoms with Crippen molar-refractivity contribution in [3.63, 3.8) is 0 Å². The van der Waals surface area contributed by atoms with Gasteiger partial charge in [0.05, 0.1) is 11.1 Å². The Bertz CT molecular complexity index is 601. The Morgan fingerprint density at radius 2 is 1.68 bits per heavy atom. The summed E-state index contributed by atoms with van der Waals surface area (Å²) in [6.07, 6.45) is 0. The zero-order valence-electron chi connectivity index (χ0n) is 10.1. The summed E-state index contributed by atoms with van der Waals surface area (Å²) in [5, 5.41) is 4.04. The third-order valence-corrected chi connectivity index (χ3v) is 5.28. The first-order valence-electron chi connectivity index (χ1n) is 5.60. The number of nitrogens with one attached hydrogen (secondary N) is 1. The minimum absolute atomic E-state index is 0.0810. The Balaban J connectivity index is 2.49. The first-order valence-corrected chi connectivity index (χ1v) is 8.35.